The van der Waals surface area contributed by atoms with Crippen LogP contribution in [0.4, 0.5) is 6.01 Å². The number of aliphatic hydroxyl groups excluding tert-OH is 1. The highest BCUT2D eigenvalue weighted by molar-refractivity contribution is 6.30. The third kappa shape index (κ3) is 5.11. The maximum absolute atomic E-state index is 13.5. The summed E-state index contributed by atoms with van der Waals surface area (Å²) in [6, 6.07) is 6.67. The first-order valence-electron chi connectivity index (χ1n) is 11.1. The van der Waals surface area contributed by atoms with E-state index in [-0.39, 0.29) is 30.6 Å². The lowest BCUT2D eigenvalue weighted by Gasteiger charge is -2.43. The van der Waals surface area contributed by atoms with Crippen molar-refractivity contribution in [2.45, 2.75) is 44.9 Å². The fraction of sp³-hybridized carbons (Fsp3) is 0.458. The van der Waals surface area contributed by atoms with Crippen LogP contribution in [0.15, 0.2) is 34.9 Å². The van der Waals surface area contributed by atoms with E-state index in [9.17, 15) is 9.90 Å². The van der Waals surface area contributed by atoms with E-state index < -0.39 is 5.60 Å². The zero-order chi connectivity index (χ0) is 24.5. The zero-order valence-electron chi connectivity index (χ0n) is 19.7. The molecule has 2 N–H and O–H groups in total. The number of pyridine rings is 1. The van der Waals surface area contributed by atoms with E-state index in [2.05, 4.69) is 15.3 Å². The van der Waals surface area contributed by atoms with Crippen molar-refractivity contribution >= 4 is 34.6 Å². The molecule has 10 heteroatoms. The Kier molecular flexibility index (Phi) is 6.97. The van der Waals surface area contributed by atoms with Crippen molar-refractivity contribution in [2.75, 3.05) is 32.2 Å². The number of carbonyl (C=O) groups excluding carboxylic acids is 1. The minimum atomic E-state index is -0.481. The Balaban J connectivity index is 1.63. The number of nitrogens with zero attached hydrogens (tertiary/aromatic N) is 3. The van der Waals surface area contributed by atoms with Crippen molar-refractivity contribution in [3.63, 3.8) is 0 Å². The van der Waals surface area contributed by atoms with Crippen molar-refractivity contribution in [3.8, 4) is 5.75 Å². The summed E-state index contributed by atoms with van der Waals surface area (Å²) in [5.41, 5.74) is 1.60. The summed E-state index contributed by atoms with van der Waals surface area (Å²) >= 11 is 6.07. The smallest absolute Gasteiger partial charge is 0.296 e. The molecule has 2 atom stereocenters. The minimum absolute atomic E-state index is 0.0292. The van der Waals surface area contributed by atoms with Crippen molar-refractivity contribution in [1.29, 1.82) is 0 Å². The predicted octanol–water partition coefficient (Wildman–Crippen LogP) is 4.06. The van der Waals surface area contributed by atoms with E-state index in [1.807, 2.05) is 20.8 Å². The van der Waals surface area contributed by atoms with Gasteiger partial charge in [-0.25, -0.2) is 0 Å². The van der Waals surface area contributed by atoms with Crippen LogP contribution in [0.1, 0.15) is 49.3 Å². The highest BCUT2D eigenvalue weighted by atomic mass is 35.5. The molecule has 34 heavy (non-hydrogen) atoms. The Morgan fingerprint density at radius 2 is 2.21 bits per heavy atom. The standard InChI is InChI=1S/C24H29ClN4O5/c1-14(18-11-16(25)5-7-26-18)27-23-28-19-9-15(10-20(32-4)21(19)34-23)22(31)29-13-24(2,3)33-12-17(29)6-8-30/h5,7,9-11,14,17,30H,6,8,12-13H2,1-4H3,(H,27,28). The van der Waals surface area contributed by atoms with Crippen molar-refractivity contribution in [2.24, 2.45) is 0 Å². The normalized spacial score (nSPS) is 18.6. The van der Waals surface area contributed by atoms with Crippen LogP contribution >= 0.6 is 11.6 Å². The number of aromatic nitrogens is 2. The molecular weight excluding hydrogens is 460 g/mol. The Morgan fingerprint density at radius 3 is 2.91 bits per heavy atom. The van der Waals surface area contributed by atoms with Gasteiger partial charge in [0.15, 0.2) is 11.3 Å². The number of hydrogen-bond acceptors (Lipinski definition) is 8. The SMILES string of the molecule is COc1cc(C(=O)N2CC(C)(C)OCC2CCO)cc2nc(NC(C)c3cc(Cl)ccn3)oc12. The predicted molar refractivity (Wildman–Crippen MR) is 128 cm³/mol. The van der Waals surface area contributed by atoms with Gasteiger partial charge in [0.05, 0.1) is 37.1 Å². The van der Waals surface area contributed by atoms with Crippen LogP contribution in [0.5, 0.6) is 5.75 Å². The van der Waals surface area contributed by atoms with Crippen LogP contribution in [-0.2, 0) is 4.74 Å². The second-order valence-electron chi connectivity index (χ2n) is 8.98. The number of rotatable bonds is 7. The number of aliphatic hydroxyl groups is 1. The lowest BCUT2D eigenvalue weighted by molar-refractivity contribution is -0.105. The van der Waals surface area contributed by atoms with Gasteiger partial charge in [-0.15, -0.1) is 0 Å². The summed E-state index contributed by atoms with van der Waals surface area (Å²) in [7, 11) is 1.52. The molecule has 4 rings (SSSR count). The van der Waals surface area contributed by atoms with Crippen LogP contribution in [0.2, 0.25) is 5.02 Å². The van der Waals surface area contributed by atoms with Gasteiger partial charge in [-0.05, 0) is 51.5 Å². The van der Waals surface area contributed by atoms with Crippen LogP contribution in [0.3, 0.4) is 0 Å². The van der Waals surface area contributed by atoms with Crippen LogP contribution in [0.25, 0.3) is 11.1 Å². The van der Waals surface area contributed by atoms with Crippen LogP contribution < -0.4 is 10.1 Å². The minimum Gasteiger partial charge on any atom is -0.493 e. The molecule has 0 saturated carbocycles. The number of halogens is 1. The molecule has 1 saturated heterocycles. The average Bonchev–Trinajstić information content (AvgIpc) is 3.21. The third-order valence-corrected chi connectivity index (χ3v) is 6.07. The monoisotopic (exact) mass is 488 g/mol. The largest absolute Gasteiger partial charge is 0.493 e. The lowest BCUT2D eigenvalue weighted by Crippen LogP contribution is -2.56. The molecule has 3 aromatic rings. The van der Waals surface area contributed by atoms with Crippen molar-refractivity contribution in [3.05, 3.63) is 46.7 Å². The van der Waals surface area contributed by atoms with Gasteiger partial charge < -0.3 is 29.2 Å². The van der Waals surface area contributed by atoms with Gasteiger partial charge in [0.1, 0.15) is 5.52 Å². The Labute approximate surface area is 203 Å². The Bertz CT molecular complexity index is 1180. The molecule has 0 bridgehead atoms. The number of benzene rings is 1. The van der Waals surface area contributed by atoms with Gasteiger partial charge in [0.2, 0.25) is 0 Å². The second-order valence-corrected chi connectivity index (χ2v) is 9.42. The molecular formula is C24H29ClN4O5. The summed E-state index contributed by atoms with van der Waals surface area (Å²) in [5, 5.41) is 13.2. The molecule has 182 valence electrons. The molecule has 1 fully saturated rings. The summed E-state index contributed by atoms with van der Waals surface area (Å²) in [5.74, 6) is 0.227. The average molecular weight is 489 g/mol. The van der Waals surface area contributed by atoms with E-state index >= 15 is 0 Å². The number of oxazole rings is 1. The number of amides is 1. The zero-order valence-corrected chi connectivity index (χ0v) is 20.4. The summed E-state index contributed by atoms with van der Waals surface area (Å²) in [6.45, 7) is 6.55. The van der Waals surface area contributed by atoms with Crippen LogP contribution in [-0.4, -0.2) is 64.4 Å². The fourth-order valence-corrected chi connectivity index (χ4v) is 4.21. The van der Waals surface area contributed by atoms with Gasteiger partial charge in [-0.2, -0.15) is 4.98 Å². The van der Waals surface area contributed by atoms with Gasteiger partial charge in [-0.3, -0.25) is 9.78 Å². The van der Waals surface area contributed by atoms with Crippen molar-refractivity contribution < 1.29 is 23.8 Å². The Hall–Kier alpha value is -2.88. The maximum atomic E-state index is 13.5. The molecule has 3 heterocycles. The molecule has 0 radical (unpaired) electrons. The summed E-state index contributed by atoms with van der Waals surface area (Å²) in [6.07, 6.45) is 2.08. The highest BCUT2D eigenvalue weighted by Crippen LogP contribution is 2.33. The molecule has 2 aromatic heterocycles. The molecule has 9 nitrogen and oxygen atoms in total. The van der Waals surface area contributed by atoms with Gasteiger partial charge in [0.25, 0.3) is 11.9 Å². The molecule has 2 unspecified atom stereocenters. The number of methoxy groups -OCH3 is 1. The maximum Gasteiger partial charge on any atom is 0.296 e. The molecule has 0 aliphatic carbocycles. The molecule has 1 aliphatic rings. The number of morpholine rings is 1. The van der Waals surface area contributed by atoms with Gasteiger partial charge >= 0.3 is 0 Å². The van der Waals surface area contributed by atoms with Crippen LogP contribution in [0, 0.1) is 0 Å². The van der Waals surface area contributed by atoms with Gasteiger partial charge in [0, 0.05) is 29.9 Å². The quantitative estimate of drug-likeness (QED) is 0.512. The van der Waals surface area contributed by atoms with E-state index in [0.717, 1.165) is 5.69 Å². The van der Waals surface area contributed by atoms with E-state index in [0.29, 0.717) is 47.0 Å². The van der Waals surface area contributed by atoms with Crippen molar-refractivity contribution in [1.82, 2.24) is 14.9 Å². The molecule has 0 spiro atoms. The first-order chi connectivity index (χ1) is 16.2. The first kappa shape index (κ1) is 24.3. The molecule has 1 aromatic carbocycles. The first-order valence-corrected chi connectivity index (χ1v) is 11.5. The van der Waals surface area contributed by atoms with E-state index in [1.165, 1.54) is 7.11 Å². The topological polar surface area (TPSA) is 110 Å². The number of fused-ring (bicyclic) bond motifs is 1. The number of nitrogens with one attached hydrogen (secondary N) is 1. The number of anilines is 1. The van der Waals surface area contributed by atoms with Gasteiger partial charge in [-0.1, -0.05) is 11.6 Å². The van der Waals surface area contributed by atoms with E-state index in [1.54, 1.807) is 35.4 Å². The summed E-state index contributed by atoms with van der Waals surface area (Å²) in [4.78, 5) is 24.1. The lowest BCUT2D eigenvalue weighted by atomic mass is 10.0. The fourth-order valence-electron chi connectivity index (χ4n) is 4.04. The third-order valence-electron chi connectivity index (χ3n) is 5.83. The number of carbonyl (C=O) groups is 1. The molecule has 1 aliphatic heterocycles. The summed E-state index contributed by atoms with van der Waals surface area (Å²) < 4.78 is 17.3. The van der Waals surface area contributed by atoms with E-state index in [4.69, 9.17) is 25.5 Å². The Morgan fingerprint density at radius 1 is 1.41 bits per heavy atom. The number of hydrogen-bond donors (Lipinski definition) is 2. The number of ether oxygens (including phenoxy) is 2. The highest BCUT2D eigenvalue weighted by Gasteiger charge is 2.37. The molecule has 1 amide bonds. The second kappa shape index (κ2) is 9.77.